The highest BCUT2D eigenvalue weighted by Gasteiger charge is 2.54. The number of oxime groups is 1. The zero-order valence-corrected chi connectivity index (χ0v) is 23.5. The van der Waals surface area contributed by atoms with Crippen molar-refractivity contribution in [2.24, 2.45) is 5.16 Å². The molecule has 3 aromatic heterocycles. The molecule has 0 saturated carbocycles. The number of pyridine rings is 1. The number of amides is 2. The van der Waals surface area contributed by atoms with Crippen LogP contribution in [0.1, 0.15) is 38.3 Å². The minimum atomic E-state index is -1.18. The summed E-state index contributed by atoms with van der Waals surface area (Å²) in [6.45, 7) is 2.77. The lowest BCUT2D eigenvalue weighted by molar-refractivity contribution is -0.662. The Bertz CT molecular complexity index is 1500. The number of carboxylic acid groups (broad SMARTS) is 1. The summed E-state index contributed by atoms with van der Waals surface area (Å²) in [5, 5.41) is 18.1. The van der Waals surface area contributed by atoms with E-state index in [1.807, 2.05) is 45.8 Å². The normalized spacial score (nSPS) is 19.0. The third-order valence-corrected chi connectivity index (χ3v) is 8.70. The minimum absolute atomic E-state index is 0.0430. The molecule has 14 heteroatoms. The first kappa shape index (κ1) is 27.6. The van der Waals surface area contributed by atoms with Crippen molar-refractivity contribution in [2.45, 2.75) is 50.6 Å². The van der Waals surface area contributed by atoms with Crippen molar-refractivity contribution in [1.82, 2.24) is 19.6 Å². The molecule has 2 amide bonds. The molecule has 40 heavy (non-hydrogen) atoms. The molecule has 4 N–H and O–H groups in total. The maximum atomic E-state index is 13.2. The Morgan fingerprint density at radius 1 is 1.30 bits per heavy atom. The van der Waals surface area contributed by atoms with Gasteiger partial charge in [-0.1, -0.05) is 31.0 Å². The summed E-state index contributed by atoms with van der Waals surface area (Å²) >= 11 is 2.57. The fourth-order valence-corrected chi connectivity index (χ4v) is 6.59. The topological polar surface area (TPSA) is 156 Å². The number of rotatable bonds is 12. The largest absolute Gasteiger partial charge is 0.477 e. The van der Waals surface area contributed by atoms with Gasteiger partial charge in [0.1, 0.15) is 48.4 Å². The van der Waals surface area contributed by atoms with Gasteiger partial charge >= 0.3 is 5.97 Å². The van der Waals surface area contributed by atoms with Crippen molar-refractivity contribution in [2.75, 3.05) is 18.1 Å². The Hall–Kier alpha value is -3.91. The number of hydrogen-bond donors (Lipinski definition) is 3. The molecular weight excluding hydrogens is 554 g/mol. The zero-order valence-electron chi connectivity index (χ0n) is 21.9. The molecule has 3 aromatic rings. The third-order valence-electron chi connectivity index (χ3n) is 6.69. The number of anilines is 1. The summed E-state index contributed by atoms with van der Waals surface area (Å²) in [5.74, 6) is -1.92. The molecule has 0 bridgehead atoms. The fraction of sp³-hybridized carbons (Fsp3) is 0.385. The highest BCUT2D eigenvalue weighted by molar-refractivity contribution is 8.00. The molecule has 12 nitrogen and oxygen atoms in total. The number of fused-ring (bicyclic) bond motifs is 2. The smallest absolute Gasteiger partial charge is 0.352 e. The van der Waals surface area contributed by atoms with Crippen molar-refractivity contribution in [1.29, 1.82) is 0 Å². The van der Waals surface area contributed by atoms with Crippen molar-refractivity contribution in [3.05, 3.63) is 59.1 Å². The molecule has 210 valence electrons. The van der Waals surface area contributed by atoms with Crippen LogP contribution in [0.2, 0.25) is 0 Å². The average Bonchev–Trinajstić information content (AvgIpc) is 3.56. The van der Waals surface area contributed by atoms with Crippen LogP contribution in [0.3, 0.4) is 0 Å². The molecule has 0 aromatic carbocycles. The van der Waals surface area contributed by atoms with Crippen molar-refractivity contribution in [3.63, 3.8) is 0 Å². The summed E-state index contributed by atoms with van der Waals surface area (Å²) in [4.78, 5) is 49.6. The van der Waals surface area contributed by atoms with Crippen LogP contribution in [0.4, 0.5) is 5.13 Å². The molecule has 1 fully saturated rings. The Labute approximate surface area is 238 Å². The van der Waals surface area contributed by atoms with Gasteiger partial charge in [-0.15, -0.1) is 23.1 Å². The highest BCUT2D eigenvalue weighted by atomic mass is 32.2. The van der Waals surface area contributed by atoms with E-state index in [-0.39, 0.29) is 22.2 Å². The van der Waals surface area contributed by atoms with Gasteiger partial charge < -0.3 is 21.0 Å². The molecular formula is C26H30N7O5S2+. The molecule has 2 aliphatic heterocycles. The number of unbranched alkanes of at least 4 members (excludes halogenated alkanes) is 3. The van der Waals surface area contributed by atoms with Gasteiger partial charge in [0.15, 0.2) is 10.8 Å². The van der Waals surface area contributed by atoms with Gasteiger partial charge in [-0.3, -0.25) is 14.5 Å². The maximum Gasteiger partial charge on any atom is 0.352 e. The number of carbonyl (C=O) groups is 3. The highest BCUT2D eigenvalue weighted by Crippen LogP contribution is 2.40. The van der Waals surface area contributed by atoms with Crippen LogP contribution in [0.5, 0.6) is 0 Å². The first-order valence-corrected chi connectivity index (χ1v) is 14.9. The number of thioether (sulfide) groups is 1. The van der Waals surface area contributed by atoms with Crippen LogP contribution in [-0.2, 0) is 25.8 Å². The van der Waals surface area contributed by atoms with E-state index in [2.05, 4.69) is 22.4 Å². The lowest BCUT2D eigenvalue weighted by Gasteiger charge is -2.49. The number of carbonyl (C=O) groups excluding carboxylic acids is 2. The summed E-state index contributed by atoms with van der Waals surface area (Å²) in [7, 11) is 0. The van der Waals surface area contributed by atoms with Crippen molar-refractivity contribution >= 4 is 57.4 Å². The molecule has 0 aliphatic carbocycles. The van der Waals surface area contributed by atoms with Crippen LogP contribution in [0, 0.1) is 0 Å². The number of nitrogens with zero attached hydrogens (tertiary/aromatic N) is 5. The van der Waals surface area contributed by atoms with Gasteiger partial charge in [0.2, 0.25) is 0 Å². The Kier molecular flexibility index (Phi) is 8.35. The Morgan fingerprint density at radius 3 is 2.90 bits per heavy atom. The number of β-lactam (4-membered cyclic amide) rings is 1. The Balaban J connectivity index is 1.31. The molecule has 2 atom stereocenters. The lowest BCUT2D eigenvalue weighted by atomic mass is 10.0. The van der Waals surface area contributed by atoms with Gasteiger partial charge in [0.05, 0.1) is 6.20 Å². The van der Waals surface area contributed by atoms with E-state index < -0.39 is 29.2 Å². The summed E-state index contributed by atoms with van der Waals surface area (Å²) in [6, 6.07) is 4.84. The molecule has 1 saturated heterocycles. The predicted octanol–water partition coefficient (Wildman–Crippen LogP) is 2.01. The second-order valence-corrected chi connectivity index (χ2v) is 11.4. The number of nitrogens with two attached hydrogens (primary N) is 1. The van der Waals surface area contributed by atoms with E-state index in [9.17, 15) is 19.5 Å². The van der Waals surface area contributed by atoms with Gasteiger partial charge in [-0.2, -0.15) is 0 Å². The average molecular weight is 585 g/mol. The zero-order chi connectivity index (χ0) is 28.2. The SMILES string of the molecule is CCCCCCO/N=C(/C(=O)N[C@@H]1C(=O)N2C(C(=O)O)=C(C[n+]3ccn4ccccc43)CS[C@H]12)c1csc(N)n1. The number of nitrogen functional groups attached to an aromatic ring is 1. The second-order valence-electron chi connectivity index (χ2n) is 9.42. The lowest BCUT2D eigenvalue weighted by Crippen LogP contribution is -2.71. The number of nitrogens with one attached hydrogen (secondary N) is 1. The van der Waals surface area contributed by atoms with Crippen molar-refractivity contribution < 1.29 is 28.9 Å². The summed E-state index contributed by atoms with van der Waals surface area (Å²) < 4.78 is 3.87. The number of hydrogen-bond acceptors (Lipinski definition) is 9. The van der Waals surface area contributed by atoms with Gasteiger partial charge in [0.25, 0.3) is 17.5 Å². The quantitative estimate of drug-likeness (QED) is 0.0960. The first-order chi connectivity index (χ1) is 19.4. The van der Waals surface area contributed by atoms with E-state index >= 15 is 0 Å². The summed E-state index contributed by atoms with van der Waals surface area (Å²) in [6.07, 6.45) is 9.62. The molecule has 0 radical (unpaired) electrons. The van der Waals surface area contributed by atoms with Crippen LogP contribution in [0.25, 0.3) is 5.65 Å². The second kappa shape index (κ2) is 12.1. The monoisotopic (exact) mass is 584 g/mol. The Morgan fingerprint density at radius 2 is 2.15 bits per heavy atom. The van der Waals surface area contributed by atoms with E-state index in [4.69, 9.17) is 10.6 Å². The van der Waals surface area contributed by atoms with E-state index in [1.165, 1.54) is 16.7 Å². The minimum Gasteiger partial charge on any atom is -0.477 e. The number of thiazole rings is 1. The van der Waals surface area contributed by atoms with E-state index in [0.717, 1.165) is 42.7 Å². The number of carboxylic acids is 1. The first-order valence-electron chi connectivity index (χ1n) is 13.0. The molecule has 5 rings (SSSR count). The van der Waals surface area contributed by atoms with E-state index in [1.54, 1.807) is 5.38 Å². The van der Waals surface area contributed by atoms with Gasteiger partial charge in [-0.05, 0) is 18.9 Å². The van der Waals surface area contributed by atoms with Crippen LogP contribution in [-0.4, -0.2) is 66.7 Å². The molecule has 2 aliphatic rings. The maximum absolute atomic E-state index is 13.2. The number of aromatic nitrogens is 3. The third kappa shape index (κ3) is 5.54. The summed E-state index contributed by atoms with van der Waals surface area (Å²) in [5.41, 5.74) is 7.40. The van der Waals surface area contributed by atoms with Crippen molar-refractivity contribution in [3.8, 4) is 0 Å². The molecule has 5 heterocycles. The van der Waals surface area contributed by atoms with Gasteiger partial charge in [-0.25, -0.2) is 18.7 Å². The molecule has 0 unspecified atom stereocenters. The van der Waals surface area contributed by atoms with Crippen LogP contribution in [0.15, 0.2) is 58.6 Å². The number of imidazole rings is 1. The predicted molar refractivity (Wildman–Crippen MR) is 150 cm³/mol. The van der Waals surface area contributed by atoms with E-state index in [0.29, 0.717) is 24.5 Å². The molecule has 0 spiro atoms. The van der Waals surface area contributed by atoms with Crippen LogP contribution >= 0.6 is 23.1 Å². The van der Waals surface area contributed by atoms with Crippen LogP contribution < -0.4 is 15.6 Å². The standard InChI is InChI=1S/C26H29N7O5S2/c1-2-3-4-7-12-38-30-19(17-15-40-26(27)28-17)22(34)29-20-23(35)33-21(25(36)37)16(14-39-24(20)33)13-32-11-10-31-9-6-5-8-18(31)32/h5-6,8-11,15,20,24H,2-4,7,12-14H2,1H3,(H3-,27,28,29,34,36,37)/p+1/b30-19+/t20-,24-/m1/s1. The van der Waals surface area contributed by atoms with Gasteiger partial charge in [0, 0.05) is 22.8 Å². The number of aliphatic carboxylic acids is 1. The fourth-order valence-electron chi connectivity index (χ4n) is 4.70.